The molecule has 142 valence electrons. The molecule has 0 radical (unpaired) electrons. The second-order valence-corrected chi connectivity index (χ2v) is 6.84. The minimum atomic E-state index is -0.479. The van der Waals surface area contributed by atoms with Crippen molar-refractivity contribution in [1.82, 2.24) is 25.5 Å². The van der Waals surface area contributed by atoms with Crippen LogP contribution < -0.4 is 11.1 Å². The fourth-order valence-electron chi connectivity index (χ4n) is 3.31. The number of rotatable bonds is 6. The number of hydrogen-bond acceptors (Lipinski definition) is 5. The molecule has 3 N–H and O–H groups in total. The Kier molecular flexibility index (Phi) is 7.37. The third-order valence-electron chi connectivity index (χ3n) is 4.79. The summed E-state index contributed by atoms with van der Waals surface area (Å²) >= 11 is 5.90. The lowest BCUT2D eigenvalue weighted by molar-refractivity contribution is -0.126. The van der Waals surface area contributed by atoms with Crippen LogP contribution in [0.2, 0.25) is 5.02 Å². The molecule has 7 nitrogen and oxygen atoms in total. The van der Waals surface area contributed by atoms with E-state index < -0.39 is 6.04 Å². The van der Waals surface area contributed by atoms with Crippen LogP contribution in [0.3, 0.4) is 0 Å². The molecule has 1 aliphatic rings. The van der Waals surface area contributed by atoms with Crippen LogP contribution >= 0.6 is 24.0 Å². The van der Waals surface area contributed by atoms with Crippen molar-refractivity contribution in [3.63, 3.8) is 0 Å². The van der Waals surface area contributed by atoms with Gasteiger partial charge in [-0.15, -0.1) is 22.6 Å². The molecule has 2 aromatic rings. The number of nitrogens with zero attached hydrogens (tertiary/aromatic N) is 4. The van der Waals surface area contributed by atoms with Crippen molar-refractivity contribution in [2.75, 3.05) is 6.54 Å². The highest BCUT2D eigenvalue weighted by molar-refractivity contribution is 6.30. The van der Waals surface area contributed by atoms with Gasteiger partial charge in [-0.3, -0.25) is 4.79 Å². The second kappa shape index (κ2) is 9.30. The first-order valence-corrected chi connectivity index (χ1v) is 9.06. The summed E-state index contributed by atoms with van der Waals surface area (Å²) in [5.41, 5.74) is 6.61. The Labute approximate surface area is 164 Å². The third-order valence-corrected chi connectivity index (χ3v) is 5.04. The lowest BCUT2D eigenvalue weighted by Gasteiger charge is -2.22. The molecular weight excluding hydrogens is 375 g/mol. The average molecular weight is 399 g/mol. The van der Waals surface area contributed by atoms with Crippen molar-refractivity contribution in [2.24, 2.45) is 11.7 Å². The maximum absolute atomic E-state index is 12.7. The van der Waals surface area contributed by atoms with E-state index >= 15 is 0 Å². The summed E-state index contributed by atoms with van der Waals surface area (Å²) in [4.78, 5) is 14.1. The summed E-state index contributed by atoms with van der Waals surface area (Å²) in [6.07, 6.45) is 3.74. The molecular formula is C17H24Cl2N6O. The monoisotopic (exact) mass is 398 g/mol. The van der Waals surface area contributed by atoms with Crippen LogP contribution in [-0.4, -0.2) is 38.7 Å². The van der Waals surface area contributed by atoms with E-state index in [4.69, 9.17) is 17.3 Å². The number of amides is 1. The summed E-state index contributed by atoms with van der Waals surface area (Å²) in [7, 11) is 0. The van der Waals surface area contributed by atoms with Crippen LogP contribution in [0.5, 0.6) is 0 Å². The average Bonchev–Trinajstić information content (AvgIpc) is 3.26. The van der Waals surface area contributed by atoms with Gasteiger partial charge < -0.3 is 11.1 Å². The summed E-state index contributed by atoms with van der Waals surface area (Å²) < 4.78 is 0. The SMILES string of the molecule is CCC(C(=O)NC1CCCC1CN)n1nnc(-c2ccc(Cl)cc2)n1.Cl. The molecule has 1 aliphatic carbocycles. The van der Waals surface area contributed by atoms with E-state index in [0.717, 1.165) is 24.8 Å². The van der Waals surface area contributed by atoms with Gasteiger partial charge in [0, 0.05) is 16.6 Å². The minimum Gasteiger partial charge on any atom is -0.351 e. The first-order chi connectivity index (χ1) is 12.1. The number of hydrogen-bond donors (Lipinski definition) is 2. The fourth-order valence-corrected chi connectivity index (χ4v) is 3.44. The van der Waals surface area contributed by atoms with E-state index in [1.807, 2.05) is 19.1 Å². The Hall–Kier alpha value is -1.70. The number of carbonyl (C=O) groups excluding carboxylic acids is 1. The number of halogens is 2. The highest BCUT2D eigenvalue weighted by atomic mass is 35.5. The normalized spacial score (nSPS) is 20.4. The molecule has 1 amide bonds. The summed E-state index contributed by atoms with van der Waals surface area (Å²) in [6.45, 7) is 2.54. The zero-order chi connectivity index (χ0) is 17.8. The Morgan fingerprint density at radius 3 is 2.77 bits per heavy atom. The van der Waals surface area contributed by atoms with Crippen molar-refractivity contribution in [3.05, 3.63) is 29.3 Å². The van der Waals surface area contributed by atoms with E-state index in [1.165, 1.54) is 4.80 Å². The molecule has 0 saturated heterocycles. The standard InChI is InChI=1S/C17H23ClN6O.ClH/c1-2-15(17(25)20-14-5-3-4-12(14)10-19)24-22-16(21-23-24)11-6-8-13(18)9-7-11;/h6-9,12,14-15H,2-5,10,19H2,1H3,(H,20,25);1H. The molecule has 0 spiro atoms. The van der Waals surface area contributed by atoms with Crippen LogP contribution in [0.25, 0.3) is 11.4 Å². The van der Waals surface area contributed by atoms with E-state index in [-0.39, 0.29) is 24.4 Å². The Morgan fingerprint density at radius 1 is 1.38 bits per heavy atom. The second-order valence-electron chi connectivity index (χ2n) is 6.41. The molecule has 1 fully saturated rings. The first kappa shape index (κ1) is 20.6. The molecule has 1 heterocycles. The van der Waals surface area contributed by atoms with Gasteiger partial charge in [0.2, 0.25) is 11.7 Å². The molecule has 1 aromatic heterocycles. The molecule has 1 saturated carbocycles. The lowest BCUT2D eigenvalue weighted by atomic mass is 10.0. The Bertz CT molecular complexity index is 720. The maximum atomic E-state index is 12.7. The van der Waals surface area contributed by atoms with Crippen molar-refractivity contribution in [3.8, 4) is 11.4 Å². The van der Waals surface area contributed by atoms with Gasteiger partial charge in [0.15, 0.2) is 6.04 Å². The molecule has 3 unspecified atom stereocenters. The van der Waals surface area contributed by atoms with Gasteiger partial charge in [0.25, 0.3) is 0 Å². The number of carbonyl (C=O) groups is 1. The van der Waals surface area contributed by atoms with Gasteiger partial charge in [-0.1, -0.05) is 24.9 Å². The van der Waals surface area contributed by atoms with E-state index in [1.54, 1.807) is 12.1 Å². The Balaban J connectivity index is 0.00000243. The van der Waals surface area contributed by atoms with Gasteiger partial charge in [-0.25, -0.2) is 0 Å². The molecule has 0 bridgehead atoms. The van der Waals surface area contributed by atoms with E-state index in [0.29, 0.717) is 29.7 Å². The molecule has 1 aromatic carbocycles. The molecule has 9 heteroatoms. The third kappa shape index (κ3) is 4.52. The largest absolute Gasteiger partial charge is 0.351 e. The van der Waals surface area contributed by atoms with Gasteiger partial charge in [-0.2, -0.15) is 4.80 Å². The lowest BCUT2D eigenvalue weighted by Crippen LogP contribution is -2.43. The molecule has 3 rings (SSSR count). The molecule has 3 atom stereocenters. The number of benzene rings is 1. The van der Waals surface area contributed by atoms with E-state index in [9.17, 15) is 4.79 Å². The highest BCUT2D eigenvalue weighted by Gasteiger charge is 2.30. The summed E-state index contributed by atoms with van der Waals surface area (Å²) in [5.74, 6) is 0.756. The summed E-state index contributed by atoms with van der Waals surface area (Å²) in [6, 6.07) is 6.87. The minimum absolute atomic E-state index is 0. The van der Waals surface area contributed by atoms with Crippen LogP contribution in [0.1, 0.15) is 38.6 Å². The van der Waals surface area contributed by atoms with Gasteiger partial charge >= 0.3 is 0 Å². The van der Waals surface area contributed by atoms with Crippen molar-refractivity contribution in [2.45, 2.75) is 44.7 Å². The van der Waals surface area contributed by atoms with Gasteiger partial charge in [-0.05, 0) is 61.2 Å². The zero-order valence-electron chi connectivity index (χ0n) is 14.6. The predicted molar refractivity (Wildman–Crippen MR) is 103 cm³/mol. The zero-order valence-corrected chi connectivity index (χ0v) is 16.2. The van der Waals surface area contributed by atoms with E-state index in [2.05, 4.69) is 20.7 Å². The summed E-state index contributed by atoms with van der Waals surface area (Å²) in [5, 5.41) is 16.3. The first-order valence-electron chi connectivity index (χ1n) is 8.68. The van der Waals surface area contributed by atoms with Gasteiger partial charge in [0.05, 0.1) is 0 Å². The number of aromatic nitrogens is 4. The number of tetrazole rings is 1. The van der Waals surface area contributed by atoms with Crippen molar-refractivity contribution >= 4 is 29.9 Å². The fraction of sp³-hybridized carbons (Fsp3) is 0.529. The number of nitrogens with one attached hydrogen (secondary N) is 1. The Morgan fingerprint density at radius 2 is 2.12 bits per heavy atom. The van der Waals surface area contributed by atoms with Crippen LogP contribution in [0.15, 0.2) is 24.3 Å². The van der Waals surface area contributed by atoms with Gasteiger partial charge in [0.1, 0.15) is 0 Å². The highest BCUT2D eigenvalue weighted by Crippen LogP contribution is 2.25. The van der Waals surface area contributed by atoms with Crippen molar-refractivity contribution in [1.29, 1.82) is 0 Å². The van der Waals surface area contributed by atoms with Crippen LogP contribution in [0.4, 0.5) is 0 Å². The maximum Gasteiger partial charge on any atom is 0.247 e. The number of nitrogens with two attached hydrogens (primary N) is 1. The van der Waals surface area contributed by atoms with Crippen molar-refractivity contribution < 1.29 is 4.79 Å². The predicted octanol–water partition coefficient (Wildman–Crippen LogP) is 2.61. The van der Waals surface area contributed by atoms with Crippen LogP contribution in [0, 0.1) is 5.92 Å². The topological polar surface area (TPSA) is 98.7 Å². The molecule has 0 aliphatic heterocycles. The molecule has 26 heavy (non-hydrogen) atoms. The quantitative estimate of drug-likeness (QED) is 0.778. The smallest absolute Gasteiger partial charge is 0.247 e. The van der Waals surface area contributed by atoms with Crippen LogP contribution in [-0.2, 0) is 4.79 Å².